The second-order valence-corrected chi connectivity index (χ2v) is 5.33. The number of nitrogens with zero attached hydrogens (tertiary/aromatic N) is 2. The van der Waals surface area contributed by atoms with Gasteiger partial charge in [0.25, 0.3) is 5.91 Å². The zero-order chi connectivity index (χ0) is 17.1. The third-order valence-corrected chi connectivity index (χ3v) is 2.65. The number of rotatable bonds is 8. The Labute approximate surface area is 131 Å². The lowest BCUT2D eigenvalue weighted by Crippen LogP contribution is -2.52. The second kappa shape index (κ2) is 11.0. The zero-order valence-electron chi connectivity index (χ0n) is 13.8. The van der Waals surface area contributed by atoms with Crippen LogP contribution in [0.1, 0.15) is 40.5 Å². The van der Waals surface area contributed by atoms with Gasteiger partial charge < -0.3 is 4.74 Å². The number of carbonyl (C=O) groups is 3. The van der Waals surface area contributed by atoms with Gasteiger partial charge >= 0.3 is 11.9 Å². The maximum atomic E-state index is 12.2. The highest BCUT2D eigenvalue weighted by Gasteiger charge is 2.22. The van der Waals surface area contributed by atoms with Crippen molar-refractivity contribution >= 4 is 17.8 Å². The van der Waals surface area contributed by atoms with Crippen molar-refractivity contribution in [3.63, 3.8) is 0 Å². The lowest BCUT2D eigenvalue weighted by molar-refractivity contribution is -0.158. The van der Waals surface area contributed by atoms with E-state index in [2.05, 4.69) is 10.2 Å². The molecule has 0 aromatic carbocycles. The molecule has 0 unspecified atom stereocenters. The molecule has 0 spiro atoms. The van der Waals surface area contributed by atoms with Gasteiger partial charge in [0, 0.05) is 13.1 Å². The quantitative estimate of drug-likeness (QED) is 0.396. The molecule has 0 aliphatic heterocycles. The summed E-state index contributed by atoms with van der Waals surface area (Å²) in [7, 11) is 0. The minimum absolute atomic E-state index is 0.0873. The van der Waals surface area contributed by atoms with Gasteiger partial charge in [-0.05, 0) is 19.3 Å². The smallest absolute Gasteiger partial charge is 0.398 e. The Morgan fingerprint density at radius 2 is 1.86 bits per heavy atom. The summed E-state index contributed by atoms with van der Waals surface area (Å²) in [6.07, 6.45) is 1.51. The molecule has 22 heavy (non-hydrogen) atoms. The highest BCUT2D eigenvalue weighted by Crippen LogP contribution is 1.98. The van der Waals surface area contributed by atoms with Crippen LogP contribution in [-0.4, -0.2) is 54.0 Å². The molecule has 0 aliphatic rings. The SMILES string of the molecule is CCCCN(NC(=O)C(=O)OCC)C(=O)CN([NH])CC(C)C. The first-order chi connectivity index (χ1) is 10.3. The van der Waals surface area contributed by atoms with Crippen LogP contribution in [0, 0.1) is 5.92 Å². The van der Waals surface area contributed by atoms with Crippen molar-refractivity contribution in [3.05, 3.63) is 0 Å². The molecule has 0 saturated heterocycles. The van der Waals surface area contributed by atoms with Crippen molar-refractivity contribution in [2.45, 2.75) is 40.5 Å². The zero-order valence-corrected chi connectivity index (χ0v) is 13.8. The minimum Gasteiger partial charge on any atom is -0.459 e. The Bertz CT molecular complexity index is 374. The fraction of sp³-hybridized carbons (Fsp3) is 0.786. The van der Waals surface area contributed by atoms with E-state index < -0.39 is 17.8 Å². The van der Waals surface area contributed by atoms with Gasteiger partial charge in [-0.25, -0.2) is 9.80 Å². The van der Waals surface area contributed by atoms with Gasteiger partial charge in [-0.2, -0.15) is 5.84 Å². The summed E-state index contributed by atoms with van der Waals surface area (Å²) in [6.45, 7) is 8.11. The molecular formula is C14H27N4O4. The van der Waals surface area contributed by atoms with Crippen molar-refractivity contribution in [1.82, 2.24) is 21.3 Å². The summed E-state index contributed by atoms with van der Waals surface area (Å²) in [5.41, 5.74) is 2.26. The molecule has 0 aromatic heterocycles. The minimum atomic E-state index is -1.03. The molecule has 0 aromatic rings. The first-order valence-electron chi connectivity index (χ1n) is 7.56. The lowest BCUT2D eigenvalue weighted by atomic mass is 10.2. The molecule has 0 rings (SSSR count). The van der Waals surface area contributed by atoms with E-state index in [-0.39, 0.29) is 25.6 Å². The van der Waals surface area contributed by atoms with Crippen LogP contribution in [0.25, 0.3) is 0 Å². The fourth-order valence-electron chi connectivity index (χ4n) is 1.68. The molecule has 0 atom stereocenters. The number of carbonyl (C=O) groups excluding carboxylic acids is 3. The molecule has 8 nitrogen and oxygen atoms in total. The van der Waals surface area contributed by atoms with Crippen LogP contribution in [0.5, 0.6) is 0 Å². The van der Waals surface area contributed by atoms with Gasteiger partial charge in [-0.15, -0.1) is 0 Å². The van der Waals surface area contributed by atoms with Crippen molar-refractivity contribution in [2.75, 3.05) is 26.2 Å². The Balaban J connectivity index is 4.63. The second-order valence-electron chi connectivity index (χ2n) is 5.33. The van der Waals surface area contributed by atoms with Crippen LogP contribution in [0.2, 0.25) is 0 Å². The first kappa shape index (κ1) is 20.3. The maximum Gasteiger partial charge on any atom is 0.398 e. The molecule has 0 heterocycles. The maximum absolute atomic E-state index is 12.2. The molecule has 127 valence electrons. The standard InChI is InChI=1S/C14H27N4O4/c1-5-7-8-18(16-13(20)14(21)22-6-2)12(19)10-17(15)9-11(3)4/h11,15H,5-10H2,1-4H3,(H,16,20). The molecule has 0 fully saturated rings. The average Bonchev–Trinajstić information content (AvgIpc) is 2.42. The van der Waals surface area contributed by atoms with E-state index in [4.69, 9.17) is 5.84 Å². The number of hydrogen-bond acceptors (Lipinski definition) is 5. The monoisotopic (exact) mass is 315 g/mol. The predicted molar refractivity (Wildman–Crippen MR) is 80.9 cm³/mol. The first-order valence-corrected chi connectivity index (χ1v) is 7.56. The van der Waals surface area contributed by atoms with Crippen LogP contribution in [-0.2, 0) is 19.1 Å². The lowest BCUT2D eigenvalue weighted by Gasteiger charge is -2.25. The molecule has 2 amide bonds. The third kappa shape index (κ3) is 8.58. The van der Waals surface area contributed by atoms with Gasteiger partial charge in [0.05, 0.1) is 13.2 Å². The normalized spacial score (nSPS) is 10.7. The number of unbranched alkanes of at least 4 members (excludes halogenated alkanes) is 1. The summed E-state index contributed by atoms with van der Waals surface area (Å²) < 4.78 is 4.59. The van der Waals surface area contributed by atoms with Crippen LogP contribution in [0.3, 0.4) is 0 Å². The topological polar surface area (TPSA) is 103 Å². The Kier molecular flexibility index (Phi) is 10.1. The van der Waals surface area contributed by atoms with E-state index in [1.54, 1.807) is 6.92 Å². The van der Waals surface area contributed by atoms with Crippen molar-refractivity contribution < 1.29 is 19.1 Å². The average molecular weight is 315 g/mol. The van der Waals surface area contributed by atoms with Gasteiger partial charge in [0.2, 0.25) is 0 Å². The fourth-order valence-corrected chi connectivity index (χ4v) is 1.68. The molecular weight excluding hydrogens is 288 g/mol. The van der Waals surface area contributed by atoms with E-state index in [9.17, 15) is 14.4 Å². The van der Waals surface area contributed by atoms with Gasteiger partial charge in [-0.3, -0.25) is 20.0 Å². The van der Waals surface area contributed by atoms with Crippen molar-refractivity contribution in [1.29, 1.82) is 0 Å². The van der Waals surface area contributed by atoms with Gasteiger partial charge in [0.15, 0.2) is 0 Å². The summed E-state index contributed by atoms with van der Waals surface area (Å²) >= 11 is 0. The number of hydrogen-bond donors (Lipinski definition) is 1. The number of amides is 2. The molecule has 1 radical (unpaired) electrons. The Morgan fingerprint density at radius 3 is 2.36 bits per heavy atom. The molecule has 0 aliphatic carbocycles. The number of ether oxygens (including phenoxy) is 1. The van der Waals surface area contributed by atoms with E-state index in [0.717, 1.165) is 16.4 Å². The van der Waals surface area contributed by atoms with Crippen LogP contribution < -0.4 is 11.3 Å². The largest absolute Gasteiger partial charge is 0.459 e. The molecule has 8 heteroatoms. The predicted octanol–water partition coefficient (Wildman–Crippen LogP) is 0.365. The summed E-state index contributed by atoms with van der Waals surface area (Å²) in [5.74, 6) is 5.54. The Morgan fingerprint density at radius 1 is 1.23 bits per heavy atom. The van der Waals surface area contributed by atoms with Crippen LogP contribution in [0.4, 0.5) is 0 Å². The number of hydrazine groups is 1. The third-order valence-electron chi connectivity index (χ3n) is 2.65. The molecule has 0 bridgehead atoms. The van der Waals surface area contributed by atoms with E-state index in [0.29, 0.717) is 13.0 Å². The van der Waals surface area contributed by atoms with Crippen molar-refractivity contribution in [3.8, 4) is 0 Å². The summed E-state index contributed by atoms with van der Waals surface area (Å²) in [5, 5.41) is 2.23. The van der Waals surface area contributed by atoms with Crippen LogP contribution in [0.15, 0.2) is 0 Å². The van der Waals surface area contributed by atoms with E-state index in [1.165, 1.54) is 0 Å². The van der Waals surface area contributed by atoms with E-state index >= 15 is 0 Å². The van der Waals surface area contributed by atoms with E-state index in [1.807, 2.05) is 20.8 Å². The van der Waals surface area contributed by atoms with Crippen molar-refractivity contribution in [2.24, 2.45) is 5.92 Å². The summed E-state index contributed by atoms with van der Waals surface area (Å²) in [6, 6.07) is 0. The van der Waals surface area contributed by atoms with Gasteiger partial charge in [-0.1, -0.05) is 27.2 Å². The molecule has 0 saturated carbocycles. The highest BCUT2D eigenvalue weighted by molar-refractivity contribution is 6.32. The van der Waals surface area contributed by atoms with Crippen LogP contribution >= 0.6 is 0 Å². The number of esters is 1. The molecule has 2 N–H and O–H groups in total. The number of nitrogens with one attached hydrogen (secondary N) is 2. The highest BCUT2D eigenvalue weighted by atomic mass is 16.5. The van der Waals surface area contributed by atoms with Gasteiger partial charge in [0.1, 0.15) is 0 Å². The Hall–Kier alpha value is -1.67. The summed E-state index contributed by atoms with van der Waals surface area (Å²) in [4.78, 5) is 35.1.